The maximum Gasteiger partial charge on any atom is 0.332 e. The second-order valence-corrected chi connectivity index (χ2v) is 9.70. The molecule has 2 aliphatic rings. The zero-order valence-electron chi connectivity index (χ0n) is 22.1. The van der Waals surface area contributed by atoms with Crippen molar-refractivity contribution < 1.29 is 23.7 Å². The van der Waals surface area contributed by atoms with Crippen molar-refractivity contribution >= 4 is 17.5 Å². The Morgan fingerprint density at radius 1 is 0.974 bits per heavy atom. The number of benzene rings is 2. The number of pyridine rings is 1. The van der Waals surface area contributed by atoms with Gasteiger partial charge in [0.1, 0.15) is 23.7 Å². The van der Waals surface area contributed by atoms with Gasteiger partial charge in [-0.1, -0.05) is 42.5 Å². The smallest absolute Gasteiger partial charge is 0.332 e. The van der Waals surface area contributed by atoms with Crippen LogP contribution >= 0.6 is 0 Å². The summed E-state index contributed by atoms with van der Waals surface area (Å²) in [5, 5.41) is 0. The van der Waals surface area contributed by atoms with Crippen LogP contribution in [-0.4, -0.2) is 63.6 Å². The number of methoxy groups -OCH3 is 2. The van der Waals surface area contributed by atoms with Gasteiger partial charge in [-0.15, -0.1) is 0 Å². The molecular formula is C30H35N3O5. The van der Waals surface area contributed by atoms with Crippen LogP contribution in [0.4, 0.5) is 11.5 Å². The van der Waals surface area contributed by atoms with Crippen molar-refractivity contribution in [1.29, 1.82) is 0 Å². The Hall–Kier alpha value is -3.78. The summed E-state index contributed by atoms with van der Waals surface area (Å²) < 4.78 is 22.5. The average molecular weight is 518 g/mol. The van der Waals surface area contributed by atoms with Crippen LogP contribution in [0.25, 0.3) is 0 Å². The molecule has 1 atom stereocenters. The van der Waals surface area contributed by atoms with Crippen LogP contribution in [0.5, 0.6) is 11.6 Å². The van der Waals surface area contributed by atoms with Gasteiger partial charge in [0.2, 0.25) is 5.88 Å². The van der Waals surface area contributed by atoms with Crippen molar-refractivity contribution in [3.05, 3.63) is 77.9 Å². The highest BCUT2D eigenvalue weighted by Crippen LogP contribution is 2.39. The standard InChI is InChI=1S/C30H35N3O5/c1-35-26-11-9-24(10-12-26)22-38-28-20-25(32-15-17-37-18-16-32)19-27(31-28)33-14-6-13-30(33,29(34)36-2)21-23-7-4-3-5-8-23/h3-5,7-12,19-20H,6,13-18,21-22H2,1-2H3. The van der Waals surface area contributed by atoms with Gasteiger partial charge >= 0.3 is 5.97 Å². The summed E-state index contributed by atoms with van der Waals surface area (Å²) >= 11 is 0. The first kappa shape index (κ1) is 25.9. The van der Waals surface area contributed by atoms with E-state index in [-0.39, 0.29) is 5.97 Å². The van der Waals surface area contributed by atoms with Gasteiger partial charge in [0, 0.05) is 43.9 Å². The Morgan fingerprint density at radius 3 is 2.45 bits per heavy atom. The van der Waals surface area contributed by atoms with Crippen molar-refractivity contribution in [3.63, 3.8) is 0 Å². The number of carbonyl (C=O) groups is 1. The molecule has 8 heteroatoms. The lowest BCUT2D eigenvalue weighted by Gasteiger charge is -2.38. The minimum atomic E-state index is -0.833. The molecule has 2 fully saturated rings. The molecule has 0 aliphatic carbocycles. The lowest BCUT2D eigenvalue weighted by atomic mass is 9.88. The molecule has 0 radical (unpaired) electrons. The van der Waals surface area contributed by atoms with E-state index in [9.17, 15) is 4.79 Å². The minimum Gasteiger partial charge on any atom is -0.497 e. The van der Waals surface area contributed by atoms with Gasteiger partial charge in [0.15, 0.2) is 0 Å². The van der Waals surface area contributed by atoms with Crippen LogP contribution in [0.15, 0.2) is 66.7 Å². The second kappa shape index (κ2) is 11.7. The Labute approximate surface area is 224 Å². The molecule has 0 saturated carbocycles. The van der Waals surface area contributed by atoms with Crippen molar-refractivity contribution in [1.82, 2.24) is 4.98 Å². The van der Waals surface area contributed by atoms with Crippen LogP contribution in [0.1, 0.15) is 24.0 Å². The van der Waals surface area contributed by atoms with E-state index in [1.165, 1.54) is 7.11 Å². The third-order valence-corrected chi connectivity index (χ3v) is 7.37. The third-order valence-electron chi connectivity index (χ3n) is 7.37. The molecule has 5 rings (SSSR count). The molecule has 3 aromatic rings. The van der Waals surface area contributed by atoms with Crippen molar-refractivity contribution in [2.45, 2.75) is 31.4 Å². The SMILES string of the molecule is COC(=O)C1(Cc2ccccc2)CCCN1c1cc(N2CCOCC2)cc(OCc2ccc(OC)cc2)n1. The Bertz CT molecular complexity index is 1210. The predicted molar refractivity (Wildman–Crippen MR) is 146 cm³/mol. The molecule has 0 N–H and O–H groups in total. The fraction of sp³-hybridized carbons (Fsp3) is 0.400. The van der Waals surface area contributed by atoms with E-state index >= 15 is 0 Å². The number of rotatable bonds is 9. The molecule has 8 nitrogen and oxygen atoms in total. The van der Waals surface area contributed by atoms with Crippen LogP contribution in [0.3, 0.4) is 0 Å². The first-order chi connectivity index (χ1) is 18.6. The van der Waals surface area contributed by atoms with Crippen molar-refractivity contribution in [3.8, 4) is 11.6 Å². The molecule has 2 aliphatic heterocycles. The lowest BCUT2D eigenvalue weighted by molar-refractivity contribution is -0.146. The molecule has 1 unspecified atom stereocenters. The van der Waals surface area contributed by atoms with Gasteiger partial charge in [0.25, 0.3) is 0 Å². The quantitative estimate of drug-likeness (QED) is 0.390. The van der Waals surface area contributed by atoms with Crippen molar-refractivity contribution in [2.75, 3.05) is 56.9 Å². The lowest BCUT2D eigenvalue weighted by Crippen LogP contribution is -2.53. The molecule has 200 valence electrons. The molecule has 0 bridgehead atoms. The van der Waals surface area contributed by atoms with Crippen LogP contribution in [0.2, 0.25) is 0 Å². The number of hydrogen-bond acceptors (Lipinski definition) is 8. The number of aromatic nitrogens is 1. The topological polar surface area (TPSA) is 73.4 Å². The normalized spacial score (nSPS) is 19.3. The summed E-state index contributed by atoms with van der Waals surface area (Å²) in [6.45, 7) is 3.99. The molecular weight excluding hydrogens is 482 g/mol. The van der Waals surface area contributed by atoms with Crippen LogP contribution < -0.4 is 19.3 Å². The van der Waals surface area contributed by atoms with Gasteiger partial charge in [-0.3, -0.25) is 0 Å². The second-order valence-electron chi connectivity index (χ2n) is 9.70. The monoisotopic (exact) mass is 517 g/mol. The summed E-state index contributed by atoms with van der Waals surface area (Å²) in [6.07, 6.45) is 2.11. The minimum absolute atomic E-state index is 0.238. The third kappa shape index (κ3) is 5.55. The van der Waals surface area contributed by atoms with Gasteiger partial charge in [-0.25, -0.2) is 4.79 Å². The number of anilines is 2. The Morgan fingerprint density at radius 2 is 1.74 bits per heavy atom. The van der Waals surface area contributed by atoms with E-state index in [0.717, 1.165) is 47.9 Å². The summed E-state index contributed by atoms with van der Waals surface area (Å²) in [5.41, 5.74) is 2.28. The van der Waals surface area contributed by atoms with Gasteiger partial charge < -0.3 is 28.7 Å². The maximum absolute atomic E-state index is 13.4. The highest BCUT2D eigenvalue weighted by Gasteiger charge is 2.49. The summed E-state index contributed by atoms with van der Waals surface area (Å²) in [7, 11) is 3.12. The van der Waals surface area contributed by atoms with E-state index in [4.69, 9.17) is 23.9 Å². The Balaban J connectivity index is 1.49. The van der Waals surface area contributed by atoms with Crippen LogP contribution in [-0.2, 0) is 27.3 Å². The van der Waals surface area contributed by atoms with Gasteiger partial charge in [0.05, 0.1) is 27.4 Å². The van der Waals surface area contributed by atoms with E-state index < -0.39 is 5.54 Å². The number of ether oxygens (including phenoxy) is 4. The number of esters is 1. The number of nitrogens with zero attached hydrogens (tertiary/aromatic N) is 3. The highest BCUT2D eigenvalue weighted by molar-refractivity contribution is 5.86. The van der Waals surface area contributed by atoms with E-state index in [2.05, 4.69) is 28.0 Å². The fourth-order valence-electron chi connectivity index (χ4n) is 5.38. The van der Waals surface area contributed by atoms with Crippen LogP contribution in [0, 0.1) is 0 Å². The first-order valence-electron chi connectivity index (χ1n) is 13.1. The first-order valence-corrected chi connectivity index (χ1v) is 13.1. The molecule has 0 spiro atoms. The highest BCUT2D eigenvalue weighted by atomic mass is 16.5. The molecule has 38 heavy (non-hydrogen) atoms. The molecule has 1 aromatic heterocycles. The van der Waals surface area contributed by atoms with E-state index in [0.29, 0.717) is 45.1 Å². The van der Waals surface area contributed by atoms with Gasteiger partial charge in [-0.05, 0) is 36.1 Å². The molecule has 0 amide bonds. The zero-order chi connectivity index (χ0) is 26.4. The Kier molecular flexibility index (Phi) is 7.98. The van der Waals surface area contributed by atoms with E-state index in [1.807, 2.05) is 48.5 Å². The number of hydrogen-bond donors (Lipinski definition) is 0. The zero-order valence-corrected chi connectivity index (χ0v) is 22.1. The van der Waals surface area contributed by atoms with E-state index in [1.54, 1.807) is 7.11 Å². The molecule has 3 heterocycles. The molecule has 2 aromatic carbocycles. The van der Waals surface area contributed by atoms with Gasteiger partial charge in [-0.2, -0.15) is 4.98 Å². The summed E-state index contributed by atoms with van der Waals surface area (Å²) in [5.74, 6) is 1.80. The maximum atomic E-state index is 13.4. The fourth-order valence-corrected chi connectivity index (χ4v) is 5.38. The predicted octanol–water partition coefficient (Wildman–Crippen LogP) is 4.26. The summed E-state index contributed by atoms with van der Waals surface area (Å²) in [6, 6.07) is 21.9. The number of carbonyl (C=O) groups excluding carboxylic acids is 1. The largest absolute Gasteiger partial charge is 0.497 e. The van der Waals surface area contributed by atoms with Crippen molar-refractivity contribution in [2.24, 2.45) is 0 Å². The summed E-state index contributed by atoms with van der Waals surface area (Å²) in [4.78, 5) is 22.7. The average Bonchev–Trinajstić information content (AvgIpc) is 3.41. The number of morpholine rings is 1. The molecule has 2 saturated heterocycles.